The van der Waals surface area contributed by atoms with Gasteiger partial charge in [0.05, 0.1) is 0 Å². The number of rotatable bonds is 3. The number of hydrogen-bond donors (Lipinski definition) is 2. The van der Waals surface area contributed by atoms with E-state index < -0.39 is 5.67 Å². The van der Waals surface area contributed by atoms with Gasteiger partial charge >= 0.3 is 0 Å². The van der Waals surface area contributed by atoms with Crippen molar-refractivity contribution >= 4 is 24.8 Å². The molecule has 0 aromatic heterocycles. The van der Waals surface area contributed by atoms with Gasteiger partial charge in [-0.15, -0.1) is 24.8 Å². The summed E-state index contributed by atoms with van der Waals surface area (Å²) in [5.41, 5.74) is 9.33. The van der Waals surface area contributed by atoms with Gasteiger partial charge < -0.3 is 16.2 Å². The van der Waals surface area contributed by atoms with E-state index in [0.717, 1.165) is 12.8 Å². The highest BCUT2D eigenvalue weighted by molar-refractivity contribution is 5.85. The van der Waals surface area contributed by atoms with Crippen LogP contribution in [0.2, 0.25) is 0 Å². The van der Waals surface area contributed by atoms with Crippen molar-refractivity contribution in [1.82, 2.24) is 0 Å². The van der Waals surface area contributed by atoms with Crippen molar-refractivity contribution in [2.45, 2.75) is 18.5 Å². The predicted molar refractivity (Wildman–Crippen MR) is 60.0 cm³/mol. The van der Waals surface area contributed by atoms with Crippen LogP contribution in [0.1, 0.15) is 12.8 Å². The first-order valence-corrected chi connectivity index (χ1v) is 4.40. The molecule has 0 atom stereocenters. The fraction of sp³-hybridized carbons (Fsp3) is 1.00. The van der Waals surface area contributed by atoms with Crippen LogP contribution in [0.5, 0.6) is 0 Å². The molecule has 0 radical (unpaired) electrons. The first kappa shape index (κ1) is 16.8. The minimum atomic E-state index is -1.37. The highest BCUT2D eigenvalue weighted by Crippen LogP contribution is 2.29. The van der Waals surface area contributed by atoms with Crippen molar-refractivity contribution in [2.24, 2.45) is 17.4 Å². The van der Waals surface area contributed by atoms with Crippen molar-refractivity contribution in [3.8, 4) is 0 Å². The Morgan fingerprint density at radius 2 is 1.57 bits per heavy atom. The normalized spacial score (nSPS) is 18.2. The van der Waals surface area contributed by atoms with Crippen molar-refractivity contribution in [1.29, 1.82) is 0 Å². The fourth-order valence-corrected chi connectivity index (χ4v) is 1.63. The molecule has 1 aliphatic rings. The Hall–Kier alpha value is 0.390. The molecule has 3 nitrogen and oxygen atoms in total. The van der Waals surface area contributed by atoms with Crippen molar-refractivity contribution < 1.29 is 9.13 Å². The third-order valence-corrected chi connectivity index (χ3v) is 2.63. The number of nitrogens with two attached hydrogens (primary N) is 2. The number of alkyl halides is 1. The van der Waals surface area contributed by atoms with Crippen LogP contribution in [-0.4, -0.2) is 32.0 Å². The molecule has 0 unspecified atom stereocenters. The standard InChI is InChI=1S/C8H17FN2O.2ClH/c9-8(5-10,6-11)7-1-3-12-4-2-7;;/h7H,1-6,10-11H2;2*1H. The summed E-state index contributed by atoms with van der Waals surface area (Å²) in [7, 11) is 0. The van der Waals surface area contributed by atoms with E-state index in [-0.39, 0.29) is 43.8 Å². The Morgan fingerprint density at radius 3 is 1.93 bits per heavy atom. The maximum Gasteiger partial charge on any atom is 0.138 e. The van der Waals surface area contributed by atoms with Gasteiger partial charge in [0.2, 0.25) is 0 Å². The lowest BCUT2D eigenvalue weighted by Gasteiger charge is -2.34. The lowest BCUT2D eigenvalue weighted by Crippen LogP contribution is -2.48. The summed E-state index contributed by atoms with van der Waals surface area (Å²) in [6.07, 6.45) is 1.48. The molecule has 1 saturated heterocycles. The topological polar surface area (TPSA) is 61.3 Å². The lowest BCUT2D eigenvalue weighted by atomic mass is 9.83. The van der Waals surface area contributed by atoms with Crippen molar-refractivity contribution in [3.05, 3.63) is 0 Å². The second-order valence-electron chi connectivity index (χ2n) is 3.33. The van der Waals surface area contributed by atoms with Crippen LogP contribution in [0.4, 0.5) is 4.39 Å². The van der Waals surface area contributed by atoms with Gasteiger partial charge in [0, 0.05) is 26.3 Å². The molecule has 1 rings (SSSR count). The summed E-state index contributed by atoms with van der Waals surface area (Å²) in [5.74, 6) is -0.0127. The van der Waals surface area contributed by atoms with E-state index in [1.165, 1.54) is 0 Å². The van der Waals surface area contributed by atoms with Crippen LogP contribution >= 0.6 is 24.8 Å². The first-order valence-electron chi connectivity index (χ1n) is 4.40. The maximum absolute atomic E-state index is 13.8. The highest BCUT2D eigenvalue weighted by atomic mass is 35.5. The van der Waals surface area contributed by atoms with Crippen LogP contribution < -0.4 is 11.5 Å². The largest absolute Gasteiger partial charge is 0.381 e. The Labute approximate surface area is 96.6 Å². The summed E-state index contributed by atoms with van der Waals surface area (Å²) >= 11 is 0. The summed E-state index contributed by atoms with van der Waals surface area (Å²) in [6, 6.07) is 0. The molecule has 0 aromatic rings. The van der Waals surface area contributed by atoms with Crippen LogP contribution in [0.3, 0.4) is 0 Å². The Morgan fingerprint density at radius 1 is 1.14 bits per heavy atom. The van der Waals surface area contributed by atoms with Gasteiger partial charge in [0.15, 0.2) is 0 Å². The zero-order valence-corrected chi connectivity index (χ0v) is 9.71. The van der Waals surface area contributed by atoms with E-state index in [2.05, 4.69) is 0 Å². The van der Waals surface area contributed by atoms with E-state index in [0.29, 0.717) is 13.2 Å². The molecule has 0 aliphatic carbocycles. The molecule has 0 amide bonds. The summed E-state index contributed by atoms with van der Waals surface area (Å²) in [5, 5.41) is 0. The summed E-state index contributed by atoms with van der Waals surface area (Å²) in [4.78, 5) is 0. The summed E-state index contributed by atoms with van der Waals surface area (Å²) < 4.78 is 19.0. The van der Waals surface area contributed by atoms with Gasteiger partial charge in [0.1, 0.15) is 5.67 Å². The van der Waals surface area contributed by atoms with Gasteiger partial charge in [0.25, 0.3) is 0 Å². The third kappa shape index (κ3) is 3.87. The molecule has 1 aliphatic heterocycles. The third-order valence-electron chi connectivity index (χ3n) is 2.63. The quantitative estimate of drug-likeness (QED) is 0.780. The first-order chi connectivity index (χ1) is 5.73. The molecule has 6 heteroatoms. The maximum atomic E-state index is 13.8. The zero-order valence-electron chi connectivity index (χ0n) is 8.08. The van der Waals surface area contributed by atoms with Crippen LogP contribution in [0, 0.1) is 5.92 Å². The molecule has 14 heavy (non-hydrogen) atoms. The molecular formula is C8H19Cl2FN2O. The molecule has 0 bridgehead atoms. The number of ether oxygens (including phenoxy) is 1. The SMILES string of the molecule is Cl.Cl.NCC(F)(CN)C1CCOCC1. The van der Waals surface area contributed by atoms with E-state index in [4.69, 9.17) is 16.2 Å². The van der Waals surface area contributed by atoms with Gasteiger partial charge in [-0.05, 0) is 18.8 Å². The van der Waals surface area contributed by atoms with Gasteiger partial charge in [-0.3, -0.25) is 0 Å². The zero-order chi connectivity index (χ0) is 9.03. The smallest absolute Gasteiger partial charge is 0.138 e. The van der Waals surface area contributed by atoms with Gasteiger partial charge in [-0.25, -0.2) is 4.39 Å². The Bertz CT molecular complexity index is 141. The Balaban J connectivity index is 0. The fourth-order valence-electron chi connectivity index (χ4n) is 1.63. The van der Waals surface area contributed by atoms with Crippen molar-refractivity contribution in [3.63, 3.8) is 0 Å². The molecule has 1 heterocycles. The molecule has 0 saturated carbocycles. The van der Waals surface area contributed by atoms with Crippen LogP contribution in [0.15, 0.2) is 0 Å². The average Bonchev–Trinajstić information content (AvgIpc) is 2.18. The minimum Gasteiger partial charge on any atom is -0.381 e. The van der Waals surface area contributed by atoms with Gasteiger partial charge in [-0.1, -0.05) is 0 Å². The molecule has 0 aromatic carbocycles. The van der Waals surface area contributed by atoms with E-state index in [1.807, 2.05) is 0 Å². The molecule has 1 fully saturated rings. The molecular weight excluding hydrogens is 230 g/mol. The average molecular weight is 249 g/mol. The monoisotopic (exact) mass is 248 g/mol. The highest BCUT2D eigenvalue weighted by Gasteiger charge is 2.37. The van der Waals surface area contributed by atoms with E-state index in [1.54, 1.807) is 0 Å². The second kappa shape index (κ2) is 7.65. The van der Waals surface area contributed by atoms with E-state index >= 15 is 0 Å². The molecule has 4 N–H and O–H groups in total. The van der Waals surface area contributed by atoms with Gasteiger partial charge in [-0.2, -0.15) is 0 Å². The minimum absolute atomic E-state index is 0. The Kier molecular flexibility index (Phi) is 9.19. The van der Waals surface area contributed by atoms with Crippen LogP contribution in [0.25, 0.3) is 0 Å². The van der Waals surface area contributed by atoms with Crippen molar-refractivity contribution in [2.75, 3.05) is 26.3 Å². The van der Waals surface area contributed by atoms with Crippen LogP contribution in [-0.2, 0) is 4.74 Å². The number of halogens is 3. The molecule has 0 spiro atoms. The number of hydrogen-bond acceptors (Lipinski definition) is 3. The second-order valence-corrected chi connectivity index (χ2v) is 3.33. The molecule has 88 valence electrons. The predicted octanol–water partition coefficient (Wildman–Crippen LogP) is 0.882. The van der Waals surface area contributed by atoms with E-state index in [9.17, 15) is 4.39 Å². The lowest BCUT2D eigenvalue weighted by molar-refractivity contribution is -0.00290. The summed E-state index contributed by atoms with van der Waals surface area (Å²) in [6.45, 7) is 1.31.